The molecule has 1 aromatic carbocycles. The molecule has 0 amide bonds. The zero-order chi connectivity index (χ0) is 14.7. The van der Waals surface area contributed by atoms with E-state index >= 15 is 0 Å². The van der Waals surface area contributed by atoms with Crippen LogP contribution in [0.2, 0.25) is 0 Å². The lowest BCUT2D eigenvalue weighted by Gasteiger charge is -2.30. The van der Waals surface area contributed by atoms with Crippen molar-refractivity contribution in [1.82, 2.24) is 5.32 Å². The van der Waals surface area contributed by atoms with Crippen molar-refractivity contribution in [3.05, 3.63) is 29.3 Å². The second-order valence-corrected chi connectivity index (χ2v) is 6.55. The van der Waals surface area contributed by atoms with E-state index in [0.717, 1.165) is 25.1 Å². The Morgan fingerprint density at radius 3 is 2.70 bits per heavy atom. The molecule has 0 bridgehead atoms. The van der Waals surface area contributed by atoms with Gasteiger partial charge < -0.3 is 10.1 Å². The molecule has 0 radical (unpaired) electrons. The third kappa shape index (κ3) is 3.54. The number of ether oxygens (including phenoxy) is 1. The average Bonchev–Trinajstić information content (AvgIpc) is 2.77. The summed E-state index contributed by atoms with van der Waals surface area (Å²) in [6.45, 7) is 12.3. The van der Waals surface area contributed by atoms with Crippen molar-refractivity contribution < 1.29 is 4.74 Å². The number of hydrogen-bond donors (Lipinski definition) is 1. The molecule has 1 N–H and O–H groups in total. The van der Waals surface area contributed by atoms with Gasteiger partial charge in [0.15, 0.2) is 0 Å². The summed E-state index contributed by atoms with van der Waals surface area (Å²) in [7, 11) is 0. The van der Waals surface area contributed by atoms with E-state index in [2.05, 4.69) is 58.1 Å². The summed E-state index contributed by atoms with van der Waals surface area (Å²) < 4.78 is 6.14. The first-order valence-electron chi connectivity index (χ1n) is 8.00. The molecule has 112 valence electrons. The maximum atomic E-state index is 6.14. The first-order chi connectivity index (χ1) is 9.51. The van der Waals surface area contributed by atoms with E-state index in [-0.39, 0.29) is 0 Å². The Morgan fingerprint density at radius 1 is 1.30 bits per heavy atom. The van der Waals surface area contributed by atoms with E-state index in [4.69, 9.17) is 4.74 Å². The highest BCUT2D eigenvalue weighted by Crippen LogP contribution is 2.33. The lowest BCUT2D eigenvalue weighted by atomic mass is 9.83. The van der Waals surface area contributed by atoms with Crippen molar-refractivity contribution in [3.63, 3.8) is 0 Å². The second-order valence-electron chi connectivity index (χ2n) is 6.55. The highest BCUT2D eigenvalue weighted by Gasteiger charge is 2.29. The molecule has 1 aromatic rings. The van der Waals surface area contributed by atoms with Crippen LogP contribution in [0.15, 0.2) is 18.2 Å². The van der Waals surface area contributed by atoms with Crippen molar-refractivity contribution in [2.75, 3.05) is 6.54 Å². The largest absolute Gasteiger partial charge is 0.490 e. The summed E-state index contributed by atoms with van der Waals surface area (Å²) in [5.74, 6) is 2.44. The maximum Gasteiger partial charge on any atom is 0.123 e. The molecule has 0 aromatic heterocycles. The summed E-state index contributed by atoms with van der Waals surface area (Å²) in [4.78, 5) is 0. The van der Waals surface area contributed by atoms with Crippen LogP contribution < -0.4 is 10.1 Å². The third-order valence-electron chi connectivity index (χ3n) is 4.52. The molecule has 3 atom stereocenters. The molecule has 2 nitrogen and oxygen atoms in total. The van der Waals surface area contributed by atoms with Gasteiger partial charge in [0.25, 0.3) is 0 Å². The predicted molar refractivity (Wildman–Crippen MR) is 85.4 cm³/mol. The van der Waals surface area contributed by atoms with Gasteiger partial charge in [-0.3, -0.25) is 0 Å². The van der Waals surface area contributed by atoms with Crippen LogP contribution in [0.5, 0.6) is 5.75 Å². The summed E-state index contributed by atoms with van der Waals surface area (Å²) in [6, 6.07) is 7.09. The fraction of sp³-hybridized carbons (Fsp3) is 0.667. The zero-order valence-electron chi connectivity index (χ0n) is 13.6. The minimum absolute atomic E-state index is 0.348. The van der Waals surface area contributed by atoms with Crippen LogP contribution in [0.4, 0.5) is 0 Å². The Bertz CT molecular complexity index is 441. The molecule has 3 unspecified atom stereocenters. The first-order valence-corrected chi connectivity index (χ1v) is 8.00. The van der Waals surface area contributed by atoms with Crippen LogP contribution in [0.25, 0.3) is 0 Å². The van der Waals surface area contributed by atoms with E-state index in [9.17, 15) is 0 Å². The number of benzene rings is 1. The number of fused-ring (bicyclic) bond motifs is 1. The molecule has 0 spiro atoms. The van der Waals surface area contributed by atoms with E-state index in [1.165, 1.54) is 11.1 Å². The molecule has 1 aliphatic heterocycles. The standard InChI is InChI=1S/C18H29NO/c1-6-19-14(5)17(12(2)3)11-16-10-15-9-13(4)7-8-18(15)20-16/h7-9,12,14,16-17,19H,6,10-11H2,1-5H3. The fourth-order valence-corrected chi connectivity index (χ4v) is 3.41. The van der Waals surface area contributed by atoms with Crippen LogP contribution in [0.3, 0.4) is 0 Å². The van der Waals surface area contributed by atoms with Gasteiger partial charge in [-0.25, -0.2) is 0 Å². The van der Waals surface area contributed by atoms with E-state index in [1.54, 1.807) is 0 Å². The van der Waals surface area contributed by atoms with Crippen molar-refractivity contribution in [2.45, 2.75) is 59.6 Å². The minimum Gasteiger partial charge on any atom is -0.490 e. The summed E-state index contributed by atoms with van der Waals surface area (Å²) in [6.07, 6.45) is 2.55. The maximum absolute atomic E-state index is 6.14. The smallest absolute Gasteiger partial charge is 0.123 e. The number of aryl methyl sites for hydroxylation is 1. The third-order valence-corrected chi connectivity index (χ3v) is 4.52. The predicted octanol–water partition coefficient (Wildman–Crippen LogP) is 3.96. The van der Waals surface area contributed by atoms with Crippen molar-refractivity contribution in [1.29, 1.82) is 0 Å². The molecule has 1 aliphatic rings. The minimum atomic E-state index is 0.348. The number of rotatable bonds is 6. The van der Waals surface area contributed by atoms with Gasteiger partial charge in [-0.05, 0) is 50.3 Å². The van der Waals surface area contributed by atoms with E-state index in [1.807, 2.05) is 0 Å². The van der Waals surface area contributed by atoms with Crippen LogP contribution in [0, 0.1) is 18.8 Å². The number of nitrogens with one attached hydrogen (secondary N) is 1. The molecular weight excluding hydrogens is 246 g/mol. The summed E-state index contributed by atoms with van der Waals surface area (Å²) >= 11 is 0. The second kappa shape index (κ2) is 6.62. The van der Waals surface area contributed by atoms with E-state index in [0.29, 0.717) is 24.0 Å². The number of hydrogen-bond acceptors (Lipinski definition) is 2. The normalized spacial score (nSPS) is 20.6. The van der Waals surface area contributed by atoms with Gasteiger partial charge in [0.1, 0.15) is 11.9 Å². The molecule has 1 heterocycles. The Labute approximate surface area is 123 Å². The van der Waals surface area contributed by atoms with Gasteiger partial charge in [0.2, 0.25) is 0 Å². The molecule has 0 saturated heterocycles. The molecule has 2 heteroatoms. The average molecular weight is 275 g/mol. The quantitative estimate of drug-likeness (QED) is 0.848. The Hall–Kier alpha value is -1.02. The van der Waals surface area contributed by atoms with Crippen molar-refractivity contribution >= 4 is 0 Å². The molecule has 20 heavy (non-hydrogen) atoms. The van der Waals surface area contributed by atoms with Crippen LogP contribution >= 0.6 is 0 Å². The summed E-state index contributed by atoms with van der Waals surface area (Å²) in [5, 5.41) is 3.58. The fourth-order valence-electron chi connectivity index (χ4n) is 3.41. The van der Waals surface area contributed by atoms with Crippen LogP contribution in [-0.4, -0.2) is 18.7 Å². The van der Waals surface area contributed by atoms with Gasteiger partial charge in [-0.15, -0.1) is 0 Å². The molecule has 0 fully saturated rings. The highest BCUT2D eigenvalue weighted by atomic mass is 16.5. The SMILES string of the molecule is CCNC(C)C(CC1Cc2cc(C)ccc2O1)C(C)C. The first kappa shape index (κ1) is 15.4. The van der Waals surface area contributed by atoms with Gasteiger partial charge in [0, 0.05) is 12.5 Å². The van der Waals surface area contributed by atoms with Gasteiger partial charge in [-0.1, -0.05) is 38.5 Å². The zero-order valence-corrected chi connectivity index (χ0v) is 13.6. The van der Waals surface area contributed by atoms with Gasteiger partial charge in [-0.2, -0.15) is 0 Å². The molecule has 2 rings (SSSR count). The lowest BCUT2D eigenvalue weighted by Crippen LogP contribution is -2.38. The highest BCUT2D eigenvalue weighted by molar-refractivity contribution is 5.40. The summed E-state index contributed by atoms with van der Waals surface area (Å²) in [5.41, 5.74) is 2.71. The van der Waals surface area contributed by atoms with Crippen molar-refractivity contribution in [3.8, 4) is 5.75 Å². The lowest BCUT2D eigenvalue weighted by molar-refractivity contribution is 0.155. The molecular formula is C18H29NO. The van der Waals surface area contributed by atoms with Crippen LogP contribution in [0.1, 0.15) is 45.2 Å². The van der Waals surface area contributed by atoms with Gasteiger partial charge >= 0.3 is 0 Å². The van der Waals surface area contributed by atoms with E-state index < -0.39 is 0 Å². The Kier molecular flexibility index (Phi) is 5.09. The van der Waals surface area contributed by atoms with Crippen molar-refractivity contribution in [2.24, 2.45) is 11.8 Å². The molecule has 0 aliphatic carbocycles. The Balaban J connectivity index is 2.00. The topological polar surface area (TPSA) is 21.3 Å². The van der Waals surface area contributed by atoms with Crippen LogP contribution in [-0.2, 0) is 6.42 Å². The molecule has 0 saturated carbocycles. The van der Waals surface area contributed by atoms with Gasteiger partial charge in [0.05, 0.1) is 0 Å². The Morgan fingerprint density at radius 2 is 2.05 bits per heavy atom. The monoisotopic (exact) mass is 275 g/mol.